The van der Waals surface area contributed by atoms with Gasteiger partial charge in [-0.25, -0.2) is 4.39 Å². The van der Waals surface area contributed by atoms with Gasteiger partial charge < -0.3 is 15.2 Å². The van der Waals surface area contributed by atoms with Gasteiger partial charge in [-0.2, -0.15) is 0 Å². The van der Waals surface area contributed by atoms with Crippen molar-refractivity contribution >= 4 is 23.2 Å². The summed E-state index contributed by atoms with van der Waals surface area (Å²) < 4.78 is 17.9. The molecule has 0 aliphatic rings. The average Bonchev–Trinajstić information content (AvgIpc) is 2.48. The van der Waals surface area contributed by atoms with Crippen LogP contribution in [0.5, 0.6) is 5.75 Å². The van der Waals surface area contributed by atoms with Gasteiger partial charge in [-0.05, 0) is 29.8 Å². The second-order valence-electron chi connectivity index (χ2n) is 4.78. The highest BCUT2D eigenvalue weighted by molar-refractivity contribution is 6.36. The van der Waals surface area contributed by atoms with E-state index in [-0.39, 0.29) is 12.4 Å². The Labute approximate surface area is 138 Å². The van der Waals surface area contributed by atoms with E-state index >= 15 is 0 Å². The number of ether oxygens (including phenoxy) is 1. The summed E-state index contributed by atoms with van der Waals surface area (Å²) in [4.78, 5) is 0. The molecule has 118 valence electrons. The van der Waals surface area contributed by atoms with Gasteiger partial charge in [-0.1, -0.05) is 35.3 Å². The maximum Gasteiger partial charge on any atom is 0.123 e. The summed E-state index contributed by atoms with van der Waals surface area (Å²) >= 11 is 12.3. The lowest BCUT2D eigenvalue weighted by Crippen LogP contribution is -2.21. The number of halogens is 3. The molecule has 0 saturated carbocycles. The lowest BCUT2D eigenvalue weighted by Gasteiger charge is -2.16. The molecule has 6 heteroatoms. The zero-order valence-corrected chi connectivity index (χ0v) is 13.5. The monoisotopic (exact) mass is 343 g/mol. The Kier molecular flexibility index (Phi) is 6.03. The molecule has 0 aromatic heterocycles. The SMILES string of the molecule is COc1cc(Cl)c(C(O)CNCc2ccc(F)cc2)c(Cl)c1. The third kappa shape index (κ3) is 4.34. The minimum Gasteiger partial charge on any atom is -0.497 e. The fourth-order valence-electron chi connectivity index (χ4n) is 2.05. The molecule has 2 N–H and O–H groups in total. The van der Waals surface area contributed by atoms with Gasteiger partial charge in [-0.3, -0.25) is 0 Å². The largest absolute Gasteiger partial charge is 0.497 e. The van der Waals surface area contributed by atoms with Crippen molar-refractivity contribution in [2.45, 2.75) is 12.6 Å². The summed E-state index contributed by atoms with van der Waals surface area (Å²) in [6.45, 7) is 0.770. The van der Waals surface area contributed by atoms with Gasteiger partial charge in [0.1, 0.15) is 11.6 Å². The fourth-order valence-corrected chi connectivity index (χ4v) is 2.77. The third-order valence-electron chi connectivity index (χ3n) is 3.20. The first-order valence-corrected chi connectivity index (χ1v) is 7.43. The van der Waals surface area contributed by atoms with E-state index < -0.39 is 6.10 Å². The summed E-state index contributed by atoms with van der Waals surface area (Å²) in [6.07, 6.45) is -0.855. The van der Waals surface area contributed by atoms with E-state index in [1.165, 1.54) is 19.2 Å². The van der Waals surface area contributed by atoms with E-state index in [0.29, 0.717) is 27.9 Å². The van der Waals surface area contributed by atoms with Crippen LogP contribution in [0.3, 0.4) is 0 Å². The van der Waals surface area contributed by atoms with Gasteiger partial charge in [0, 0.05) is 18.7 Å². The molecule has 2 aromatic carbocycles. The van der Waals surface area contributed by atoms with Crippen LogP contribution >= 0.6 is 23.2 Å². The third-order valence-corrected chi connectivity index (χ3v) is 3.83. The molecule has 0 heterocycles. The van der Waals surface area contributed by atoms with Gasteiger partial charge in [-0.15, -0.1) is 0 Å². The summed E-state index contributed by atoms with van der Waals surface area (Å²) in [6, 6.07) is 9.36. The topological polar surface area (TPSA) is 41.5 Å². The Morgan fingerprint density at radius 2 is 1.77 bits per heavy atom. The van der Waals surface area contributed by atoms with Crippen molar-refractivity contribution in [3.8, 4) is 5.75 Å². The van der Waals surface area contributed by atoms with Crippen LogP contribution in [-0.4, -0.2) is 18.8 Å². The van der Waals surface area contributed by atoms with E-state index in [1.807, 2.05) is 0 Å². The highest BCUT2D eigenvalue weighted by atomic mass is 35.5. The quantitative estimate of drug-likeness (QED) is 0.833. The van der Waals surface area contributed by atoms with Crippen LogP contribution in [0.15, 0.2) is 36.4 Å². The molecule has 0 bridgehead atoms. The Bertz CT molecular complexity index is 612. The van der Waals surface area contributed by atoms with E-state index in [0.717, 1.165) is 5.56 Å². The van der Waals surface area contributed by atoms with Gasteiger partial charge in [0.25, 0.3) is 0 Å². The zero-order chi connectivity index (χ0) is 16.1. The summed E-state index contributed by atoms with van der Waals surface area (Å²) in [7, 11) is 1.52. The number of methoxy groups -OCH3 is 1. The lowest BCUT2D eigenvalue weighted by atomic mass is 10.1. The number of hydrogen-bond donors (Lipinski definition) is 2. The molecule has 2 rings (SSSR count). The number of hydrogen-bond acceptors (Lipinski definition) is 3. The van der Waals surface area contributed by atoms with Crippen LogP contribution in [0.1, 0.15) is 17.2 Å². The van der Waals surface area contributed by atoms with Crippen molar-refractivity contribution in [3.05, 3.63) is 63.4 Å². The maximum absolute atomic E-state index is 12.8. The van der Waals surface area contributed by atoms with Crippen LogP contribution in [-0.2, 0) is 6.54 Å². The summed E-state index contributed by atoms with van der Waals surface area (Å²) in [5.41, 5.74) is 1.37. The number of benzene rings is 2. The molecule has 2 aromatic rings. The second kappa shape index (κ2) is 7.79. The average molecular weight is 344 g/mol. The first-order chi connectivity index (χ1) is 10.5. The first kappa shape index (κ1) is 17.0. The lowest BCUT2D eigenvalue weighted by molar-refractivity contribution is 0.174. The molecule has 0 amide bonds. The molecule has 0 radical (unpaired) electrons. The normalized spacial score (nSPS) is 12.2. The zero-order valence-electron chi connectivity index (χ0n) is 11.9. The Morgan fingerprint density at radius 1 is 1.18 bits per heavy atom. The molecule has 0 aliphatic heterocycles. The van der Waals surface area contributed by atoms with Crippen LogP contribution in [0, 0.1) is 5.82 Å². The highest BCUT2D eigenvalue weighted by Gasteiger charge is 2.17. The van der Waals surface area contributed by atoms with Crippen molar-refractivity contribution in [3.63, 3.8) is 0 Å². The van der Waals surface area contributed by atoms with Gasteiger partial charge in [0.15, 0.2) is 0 Å². The van der Waals surface area contributed by atoms with Crippen LogP contribution in [0.2, 0.25) is 10.0 Å². The molecule has 3 nitrogen and oxygen atoms in total. The number of aliphatic hydroxyl groups excluding tert-OH is 1. The van der Waals surface area contributed by atoms with Crippen LogP contribution in [0.25, 0.3) is 0 Å². The smallest absolute Gasteiger partial charge is 0.123 e. The number of nitrogens with one attached hydrogen (secondary N) is 1. The van der Waals surface area contributed by atoms with E-state index in [2.05, 4.69) is 5.32 Å². The standard InChI is InChI=1S/C16H16Cl2FNO2/c1-22-12-6-13(17)16(14(18)7-12)15(21)9-20-8-10-2-4-11(19)5-3-10/h2-7,15,20-21H,8-9H2,1H3. The predicted molar refractivity (Wildman–Crippen MR) is 86.1 cm³/mol. The molecular weight excluding hydrogens is 328 g/mol. The fraction of sp³-hybridized carbons (Fsp3) is 0.250. The predicted octanol–water partition coefficient (Wildman–Crippen LogP) is 3.96. The van der Waals surface area contributed by atoms with Crippen molar-refractivity contribution < 1.29 is 14.2 Å². The number of rotatable bonds is 6. The van der Waals surface area contributed by atoms with Crippen molar-refractivity contribution in [2.24, 2.45) is 0 Å². The summed E-state index contributed by atoms with van der Waals surface area (Å²) in [5, 5.41) is 14.0. The molecule has 0 aliphatic carbocycles. The Morgan fingerprint density at radius 3 is 2.32 bits per heavy atom. The Balaban J connectivity index is 1.97. The first-order valence-electron chi connectivity index (χ1n) is 6.67. The van der Waals surface area contributed by atoms with E-state index in [1.54, 1.807) is 24.3 Å². The molecule has 0 fully saturated rings. The highest BCUT2D eigenvalue weighted by Crippen LogP contribution is 2.34. The van der Waals surface area contributed by atoms with Gasteiger partial charge >= 0.3 is 0 Å². The van der Waals surface area contributed by atoms with Crippen LogP contribution in [0.4, 0.5) is 4.39 Å². The minimum absolute atomic E-state index is 0.267. The van der Waals surface area contributed by atoms with Crippen molar-refractivity contribution in [2.75, 3.05) is 13.7 Å². The summed E-state index contributed by atoms with van der Waals surface area (Å²) in [5.74, 6) is 0.255. The number of aliphatic hydroxyl groups is 1. The second-order valence-corrected chi connectivity index (χ2v) is 5.59. The molecule has 0 saturated heterocycles. The molecular formula is C16H16Cl2FNO2. The molecule has 1 atom stereocenters. The minimum atomic E-state index is -0.855. The van der Waals surface area contributed by atoms with Crippen LogP contribution < -0.4 is 10.1 Å². The molecule has 1 unspecified atom stereocenters. The molecule has 22 heavy (non-hydrogen) atoms. The molecule has 0 spiro atoms. The van der Waals surface area contributed by atoms with E-state index in [4.69, 9.17) is 27.9 Å². The Hall–Kier alpha value is -1.33. The van der Waals surface area contributed by atoms with Gasteiger partial charge in [0.05, 0.1) is 23.3 Å². The van der Waals surface area contributed by atoms with E-state index in [9.17, 15) is 9.50 Å². The van der Waals surface area contributed by atoms with Gasteiger partial charge in [0.2, 0.25) is 0 Å². The van der Waals surface area contributed by atoms with Crippen molar-refractivity contribution in [1.29, 1.82) is 0 Å². The maximum atomic E-state index is 12.8. The van der Waals surface area contributed by atoms with Crippen molar-refractivity contribution in [1.82, 2.24) is 5.32 Å².